The van der Waals surface area contributed by atoms with Crippen molar-refractivity contribution in [2.75, 3.05) is 11.4 Å². The number of amides is 2. The fourth-order valence-corrected chi connectivity index (χ4v) is 2.49. The molecule has 1 atom stereocenters. The van der Waals surface area contributed by atoms with E-state index in [4.69, 9.17) is 0 Å². The van der Waals surface area contributed by atoms with Crippen LogP contribution in [0.1, 0.15) is 13.3 Å². The zero-order chi connectivity index (χ0) is 14.1. The molecule has 1 aromatic heterocycles. The normalized spacial score (nSPS) is 19.9. The summed E-state index contributed by atoms with van der Waals surface area (Å²) in [5, 5.41) is 3.61. The van der Waals surface area contributed by atoms with Gasteiger partial charge in [-0.1, -0.05) is 6.07 Å². The molecule has 1 N–H and O–H groups in total. The van der Waals surface area contributed by atoms with E-state index in [0.29, 0.717) is 13.0 Å². The van der Waals surface area contributed by atoms with Gasteiger partial charge in [-0.15, -0.1) is 0 Å². The largest absolute Gasteiger partial charge is 0.345 e. The summed E-state index contributed by atoms with van der Waals surface area (Å²) in [5.74, 6) is -0.182. The molecular weight excluding hydrogens is 254 g/mol. The molecule has 0 aliphatic carbocycles. The second-order valence-electron chi connectivity index (χ2n) is 4.88. The Bertz CT molecular complexity index is 678. The predicted octanol–water partition coefficient (Wildman–Crippen LogP) is 1.48. The number of carbonyl (C=O) groups excluding carboxylic acids is 2. The van der Waals surface area contributed by atoms with Crippen molar-refractivity contribution in [2.24, 2.45) is 0 Å². The van der Waals surface area contributed by atoms with Gasteiger partial charge in [0.2, 0.25) is 11.8 Å². The number of hydrogen-bond donors (Lipinski definition) is 1. The Hall–Kier alpha value is -2.43. The Morgan fingerprint density at radius 2 is 2.10 bits per heavy atom. The molecule has 1 saturated heterocycles. The van der Waals surface area contributed by atoms with Crippen molar-refractivity contribution in [3.63, 3.8) is 0 Å². The van der Waals surface area contributed by atoms with Crippen molar-refractivity contribution < 1.29 is 9.59 Å². The Morgan fingerprint density at radius 3 is 2.95 bits per heavy atom. The summed E-state index contributed by atoms with van der Waals surface area (Å²) in [6.45, 7) is 2.10. The minimum atomic E-state index is -0.503. The van der Waals surface area contributed by atoms with Crippen molar-refractivity contribution >= 4 is 28.4 Å². The first-order valence-corrected chi connectivity index (χ1v) is 6.61. The second-order valence-corrected chi connectivity index (χ2v) is 4.88. The van der Waals surface area contributed by atoms with E-state index >= 15 is 0 Å². The Balaban J connectivity index is 2.09. The van der Waals surface area contributed by atoms with E-state index in [-0.39, 0.29) is 11.8 Å². The molecule has 1 fully saturated rings. The Morgan fingerprint density at radius 1 is 1.25 bits per heavy atom. The Kier molecular flexibility index (Phi) is 3.10. The van der Waals surface area contributed by atoms with Gasteiger partial charge in [-0.05, 0) is 31.2 Å². The lowest BCUT2D eigenvalue weighted by atomic mass is 10.1. The average Bonchev–Trinajstić information content (AvgIpc) is 2.58. The number of nitrogens with zero attached hydrogens (tertiary/aromatic N) is 2. The van der Waals surface area contributed by atoms with Crippen molar-refractivity contribution in [1.82, 2.24) is 10.3 Å². The molecule has 3 rings (SSSR count). The first-order valence-electron chi connectivity index (χ1n) is 6.61. The summed E-state index contributed by atoms with van der Waals surface area (Å²) in [6.07, 6.45) is 2.04. The van der Waals surface area contributed by atoms with E-state index in [2.05, 4.69) is 10.3 Å². The van der Waals surface area contributed by atoms with Crippen LogP contribution in [0.15, 0.2) is 36.5 Å². The highest BCUT2D eigenvalue weighted by Crippen LogP contribution is 2.26. The third-order valence-electron chi connectivity index (χ3n) is 3.49. The number of benzene rings is 1. The molecule has 1 aromatic carbocycles. The summed E-state index contributed by atoms with van der Waals surface area (Å²) in [7, 11) is 0. The molecule has 0 saturated carbocycles. The van der Waals surface area contributed by atoms with Gasteiger partial charge in [0.25, 0.3) is 0 Å². The van der Waals surface area contributed by atoms with E-state index in [0.717, 1.165) is 16.6 Å². The third kappa shape index (κ3) is 2.11. The van der Waals surface area contributed by atoms with Gasteiger partial charge in [0.15, 0.2) is 0 Å². The molecule has 1 aliphatic rings. The minimum Gasteiger partial charge on any atom is -0.345 e. The fourth-order valence-electron chi connectivity index (χ4n) is 2.49. The van der Waals surface area contributed by atoms with Gasteiger partial charge >= 0.3 is 0 Å². The number of carbonyl (C=O) groups is 2. The molecular formula is C15H15N3O2. The molecule has 2 amide bonds. The predicted molar refractivity (Wildman–Crippen MR) is 76.3 cm³/mol. The lowest BCUT2D eigenvalue weighted by molar-refractivity contribution is -0.125. The zero-order valence-corrected chi connectivity index (χ0v) is 11.2. The molecule has 5 nitrogen and oxygen atoms in total. The molecule has 0 bridgehead atoms. The molecule has 0 radical (unpaired) electrons. The van der Waals surface area contributed by atoms with Crippen LogP contribution in [0, 0.1) is 0 Å². The van der Waals surface area contributed by atoms with Crippen LogP contribution in [0.4, 0.5) is 5.69 Å². The van der Waals surface area contributed by atoms with Gasteiger partial charge in [0.05, 0.1) is 11.2 Å². The second kappa shape index (κ2) is 4.92. The highest BCUT2D eigenvalue weighted by atomic mass is 16.2. The van der Waals surface area contributed by atoms with Gasteiger partial charge in [-0.3, -0.25) is 14.6 Å². The van der Waals surface area contributed by atoms with E-state index in [1.54, 1.807) is 18.0 Å². The van der Waals surface area contributed by atoms with Gasteiger partial charge in [-0.2, -0.15) is 0 Å². The van der Waals surface area contributed by atoms with Gasteiger partial charge in [0.1, 0.15) is 6.04 Å². The maximum absolute atomic E-state index is 12.4. The molecule has 1 aliphatic heterocycles. The molecule has 2 heterocycles. The fraction of sp³-hybridized carbons (Fsp3) is 0.267. The molecule has 20 heavy (non-hydrogen) atoms. The summed E-state index contributed by atoms with van der Waals surface area (Å²) in [4.78, 5) is 30.0. The highest BCUT2D eigenvalue weighted by Gasteiger charge is 2.28. The van der Waals surface area contributed by atoms with Gasteiger partial charge < -0.3 is 10.2 Å². The van der Waals surface area contributed by atoms with Crippen LogP contribution in [0.3, 0.4) is 0 Å². The summed E-state index contributed by atoms with van der Waals surface area (Å²) >= 11 is 0. The monoisotopic (exact) mass is 269 g/mol. The molecule has 5 heteroatoms. The number of rotatable bonds is 1. The summed E-state index contributed by atoms with van der Waals surface area (Å²) < 4.78 is 0. The lowest BCUT2D eigenvalue weighted by Gasteiger charge is -2.23. The minimum absolute atomic E-state index is 0.0906. The maximum Gasteiger partial charge on any atom is 0.249 e. The highest BCUT2D eigenvalue weighted by molar-refractivity contribution is 6.06. The SMILES string of the molecule is CC1NC(=O)CCN(c2cccc3ncccc23)C1=O. The number of pyridine rings is 1. The van der Waals surface area contributed by atoms with Crippen molar-refractivity contribution in [2.45, 2.75) is 19.4 Å². The summed E-state index contributed by atoms with van der Waals surface area (Å²) in [5.41, 5.74) is 1.65. The van der Waals surface area contributed by atoms with Crippen LogP contribution in [0.2, 0.25) is 0 Å². The van der Waals surface area contributed by atoms with Crippen LogP contribution in [-0.2, 0) is 9.59 Å². The number of nitrogens with one attached hydrogen (secondary N) is 1. The zero-order valence-electron chi connectivity index (χ0n) is 11.2. The van der Waals surface area contributed by atoms with E-state index in [9.17, 15) is 9.59 Å². The first-order chi connectivity index (χ1) is 9.66. The van der Waals surface area contributed by atoms with Crippen LogP contribution >= 0.6 is 0 Å². The van der Waals surface area contributed by atoms with Crippen molar-refractivity contribution in [3.05, 3.63) is 36.5 Å². The van der Waals surface area contributed by atoms with Crippen LogP contribution < -0.4 is 10.2 Å². The smallest absolute Gasteiger partial charge is 0.249 e. The van der Waals surface area contributed by atoms with E-state index in [1.807, 2.05) is 30.3 Å². The number of hydrogen-bond acceptors (Lipinski definition) is 3. The Labute approximate surface area is 116 Å². The summed E-state index contributed by atoms with van der Waals surface area (Å²) in [6, 6.07) is 8.97. The molecule has 2 aromatic rings. The molecule has 1 unspecified atom stereocenters. The third-order valence-corrected chi connectivity index (χ3v) is 3.49. The topological polar surface area (TPSA) is 62.3 Å². The quantitative estimate of drug-likeness (QED) is 0.853. The van der Waals surface area contributed by atoms with E-state index < -0.39 is 6.04 Å². The van der Waals surface area contributed by atoms with Crippen LogP contribution in [0.5, 0.6) is 0 Å². The van der Waals surface area contributed by atoms with Crippen molar-refractivity contribution in [1.29, 1.82) is 0 Å². The molecule has 102 valence electrons. The number of fused-ring (bicyclic) bond motifs is 1. The van der Waals surface area contributed by atoms with Crippen molar-refractivity contribution in [3.8, 4) is 0 Å². The van der Waals surface area contributed by atoms with Crippen LogP contribution in [-0.4, -0.2) is 29.4 Å². The first kappa shape index (κ1) is 12.6. The number of anilines is 1. The molecule has 0 spiro atoms. The standard InChI is InChI=1S/C15H15N3O2/c1-10-15(20)18(9-7-14(19)17-10)13-6-2-5-12-11(13)4-3-8-16-12/h2-6,8,10H,7,9H2,1H3,(H,17,19). The number of aromatic nitrogens is 1. The lowest BCUT2D eigenvalue weighted by Crippen LogP contribution is -2.42. The van der Waals surface area contributed by atoms with Gasteiger partial charge in [0, 0.05) is 24.5 Å². The van der Waals surface area contributed by atoms with E-state index in [1.165, 1.54) is 0 Å². The average molecular weight is 269 g/mol. The maximum atomic E-state index is 12.4. The van der Waals surface area contributed by atoms with Crippen LogP contribution in [0.25, 0.3) is 10.9 Å². The van der Waals surface area contributed by atoms with Gasteiger partial charge in [-0.25, -0.2) is 0 Å².